The number of aryl methyl sites for hydroxylation is 1. The summed E-state index contributed by atoms with van der Waals surface area (Å²) in [4.78, 5) is 11.3. The molecule has 2 aromatic rings. The van der Waals surface area contributed by atoms with E-state index in [0.717, 1.165) is 11.3 Å². The van der Waals surface area contributed by atoms with E-state index >= 15 is 0 Å². The summed E-state index contributed by atoms with van der Waals surface area (Å²) in [6.45, 7) is 4.49. The van der Waals surface area contributed by atoms with Crippen LogP contribution in [0.3, 0.4) is 0 Å². The normalized spacial score (nSPS) is 12.0. The van der Waals surface area contributed by atoms with E-state index in [4.69, 9.17) is 0 Å². The Hall–Kier alpha value is -1.51. The lowest BCUT2D eigenvalue weighted by Crippen LogP contribution is -2.29. The van der Waals surface area contributed by atoms with Crippen LogP contribution in [0.4, 0.5) is 0 Å². The molecule has 0 atom stereocenters. The molecule has 0 radical (unpaired) electrons. The lowest BCUT2D eigenvalue weighted by Gasteiger charge is -2.16. The van der Waals surface area contributed by atoms with E-state index < -0.39 is 10.0 Å². The molecule has 2 rings (SSSR count). The van der Waals surface area contributed by atoms with Crippen molar-refractivity contribution in [2.75, 3.05) is 13.1 Å². The maximum absolute atomic E-state index is 12.4. The Labute approximate surface area is 127 Å². The first-order valence-electron chi connectivity index (χ1n) is 6.53. The number of sulfonamides is 1. The molecule has 8 heteroatoms. The average Bonchev–Trinajstić information content (AvgIpc) is 2.93. The zero-order chi connectivity index (χ0) is 15.6. The van der Waals surface area contributed by atoms with E-state index in [-0.39, 0.29) is 9.77 Å². The molecule has 0 aliphatic carbocycles. The van der Waals surface area contributed by atoms with Crippen LogP contribution in [-0.2, 0) is 17.1 Å². The molecule has 0 unspecified atom stereocenters. The van der Waals surface area contributed by atoms with Gasteiger partial charge in [0.2, 0.25) is 0 Å². The lowest BCUT2D eigenvalue weighted by atomic mass is 10.2. The van der Waals surface area contributed by atoms with Crippen molar-refractivity contribution in [1.82, 2.24) is 14.1 Å². The number of nitrogens with zero attached hydrogens (tertiary/aromatic N) is 3. The Balaban J connectivity index is 2.42. The molecule has 0 aromatic carbocycles. The van der Waals surface area contributed by atoms with E-state index in [0.29, 0.717) is 24.3 Å². The molecule has 0 spiro atoms. The van der Waals surface area contributed by atoms with E-state index in [1.165, 1.54) is 15.1 Å². The third kappa shape index (κ3) is 3.07. The summed E-state index contributed by atoms with van der Waals surface area (Å²) in [6.07, 6.45) is 0. The predicted molar refractivity (Wildman–Crippen MR) is 82.9 cm³/mol. The zero-order valence-corrected chi connectivity index (χ0v) is 13.7. The van der Waals surface area contributed by atoms with Gasteiger partial charge in [-0.15, -0.1) is 11.3 Å². The van der Waals surface area contributed by atoms with Crippen molar-refractivity contribution < 1.29 is 8.42 Å². The van der Waals surface area contributed by atoms with Crippen LogP contribution in [0.2, 0.25) is 0 Å². The highest BCUT2D eigenvalue weighted by Gasteiger charge is 2.23. The number of hydrogen-bond donors (Lipinski definition) is 0. The van der Waals surface area contributed by atoms with Crippen molar-refractivity contribution in [3.63, 3.8) is 0 Å². The molecule has 21 heavy (non-hydrogen) atoms. The molecular formula is C13H17N3O3S2. The van der Waals surface area contributed by atoms with Crippen LogP contribution in [0.25, 0.3) is 11.3 Å². The minimum atomic E-state index is -3.45. The van der Waals surface area contributed by atoms with Gasteiger partial charge >= 0.3 is 0 Å². The smallest absolute Gasteiger partial charge is 0.266 e. The van der Waals surface area contributed by atoms with Crippen molar-refractivity contribution in [2.24, 2.45) is 7.05 Å². The third-order valence-electron chi connectivity index (χ3n) is 3.13. The maximum atomic E-state index is 12.4. The molecule has 0 aliphatic rings. The number of thiophene rings is 1. The van der Waals surface area contributed by atoms with Crippen molar-refractivity contribution in [2.45, 2.75) is 18.1 Å². The van der Waals surface area contributed by atoms with Crippen molar-refractivity contribution in [1.29, 1.82) is 0 Å². The van der Waals surface area contributed by atoms with Gasteiger partial charge in [-0.1, -0.05) is 13.8 Å². The molecule has 0 bridgehead atoms. The number of aromatic nitrogens is 2. The largest absolute Gasteiger partial charge is 0.268 e. The molecule has 0 fully saturated rings. The Kier molecular flexibility index (Phi) is 4.60. The van der Waals surface area contributed by atoms with Crippen LogP contribution in [0.5, 0.6) is 0 Å². The minimum Gasteiger partial charge on any atom is -0.268 e. The van der Waals surface area contributed by atoms with Crippen LogP contribution in [0, 0.1) is 0 Å². The summed E-state index contributed by atoms with van der Waals surface area (Å²) in [6, 6.07) is 4.61. The first kappa shape index (κ1) is 15.9. The van der Waals surface area contributed by atoms with Crippen LogP contribution in [-0.4, -0.2) is 35.6 Å². The quantitative estimate of drug-likeness (QED) is 0.835. The molecule has 2 heterocycles. The van der Waals surface area contributed by atoms with Crippen molar-refractivity contribution >= 4 is 21.4 Å². The molecule has 114 valence electrons. The maximum Gasteiger partial charge on any atom is 0.266 e. The summed E-state index contributed by atoms with van der Waals surface area (Å²) in [7, 11) is -1.89. The second-order valence-corrected chi connectivity index (χ2v) is 7.50. The van der Waals surface area contributed by atoms with E-state index in [2.05, 4.69) is 5.10 Å². The van der Waals surface area contributed by atoms with Gasteiger partial charge < -0.3 is 0 Å². The summed E-state index contributed by atoms with van der Waals surface area (Å²) in [5.74, 6) is 0. The van der Waals surface area contributed by atoms with Crippen LogP contribution in [0.15, 0.2) is 32.6 Å². The Morgan fingerprint density at radius 1 is 1.29 bits per heavy atom. The Morgan fingerprint density at radius 3 is 2.52 bits per heavy atom. The zero-order valence-electron chi connectivity index (χ0n) is 12.1. The molecule has 6 nitrogen and oxygen atoms in total. The predicted octanol–water partition coefficient (Wildman–Crippen LogP) is 1.54. The standard InChI is InChI=1S/C13H17N3O3S2/c1-4-16(5-2)21(18,19)13-8-10(9-20-13)11-6-7-12(17)15(3)14-11/h6-9H,4-5H2,1-3H3. The van der Waals surface area contributed by atoms with Gasteiger partial charge in [-0.2, -0.15) is 9.40 Å². The van der Waals surface area contributed by atoms with E-state index in [1.807, 2.05) is 13.8 Å². The SMILES string of the molecule is CCN(CC)S(=O)(=O)c1cc(-c2ccc(=O)n(C)n2)cs1. The van der Waals surface area contributed by atoms with Gasteiger partial charge in [0.05, 0.1) is 5.69 Å². The molecule has 0 saturated heterocycles. The Bertz CT molecular complexity index is 789. The second-order valence-electron chi connectivity index (χ2n) is 4.42. The number of hydrogen-bond acceptors (Lipinski definition) is 5. The van der Waals surface area contributed by atoms with Crippen molar-refractivity contribution in [3.8, 4) is 11.3 Å². The summed E-state index contributed by atoms with van der Waals surface area (Å²) in [5, 5.41) is 5.87. The molecule has 0 saturated carbocycles. The van der Waals surface area contributed by atoms with Gasteiger partial charge in [0, 0.05) is 37.1 Å². The van der Waals surface area contributed by atoms with Gasteiger partial charge in [0.1, 0.15) is 4.21 Å². The first-order valence-corrected chi connectivity index (χ1v) is 8.85. The van der Waals surface area contributed by atoms with E-state index in [1.54, 1.807) is 24.6 Å². The van der Waals surface area contributed by atoms with Gasteiger partial charge in [0.15, 0.2) is 0 Å². The fourth-order valence-electron chi connectivity index (χ4n) is 1.93. The summed E-state index contributed by atoms with van der Waals surface area (Å²) < 4.78 is 27.8. The topological polar surface area (TPSA) is 72.3 Å². The van der Waals surface area contributed by atoms with Crippen LogP contribution >= 0.6 is 11.3 Å². The lowest BCUT2D eigenvalue weighted by molar-refractivity contribution is 0.447. The first-order chi connectivity index (χ1) is 9.90. The molecular weight excluding hydrogens is 310 g/mol. The third-order valence-corrected chi connectivity index (χ3v) is 6.60. The molecule has 0 N–H and O–H groups in total. The summed E-state index contributed by atoms with van der Waals surface area (Å²) >= 11 is 1.16. The van der Waals surface area contributed by atoms with Gasteiger partial charge in [0.25, 0.3) is 15.6 Å². The fourth-order valence-corrected chi connectivity index (χ4v) is 4.72. The van der Waals surface area contributed by atoms with Crippen LogP contribution in [0.1, 0.15) is 13.8 Å². The highest BCUT2D eigenvalue weighted by Crippen LogP contribution is 2.28. The average molecular weight is 327 g/mol. The highest BCUT2D eigenvalue weighted by atomic mass is 32.2. The van der Waals surface area contributed by atoms with Gasteiger partial charge in [-0.3, -0.25) is 4.79 Å². The molecule has 2 aromatic heterocycles. The fraction of sp³-hybridized carbons (Fsp3) is 0.385. The molecule has 0 amide bonds. The number of rotatable bonds is 5. The van der Waals surface area contributed by atoms with Gasteiger partial charge in [-0.05, 0) is 12.1 Å². The minimum absolute atomic E-state index is 0.204. The van der Waals surface area contributed by atoms with Crippen LogP contribution < -0.4 is 5.56 Å². The summed E-state index contributed by atoms with van der Waals surface area (Å²) in [5.41, 5.74) is 1.07. The highest BCUT2D eigenvalue weighted by molar-refractivity contribution is 7.91. The second kappa shape index (κ2) is 6.08. The van der Waals surface area contributed by atoms with E-state index in [9.17, 15) is 13.2 Å². The molecule has 0 aliphatic heterocycles. The van der Waals surface area contributed by atoms with Crippen molar-refractivity contribution in [3.05, 3.63) is 33.9 Å². The van der Waals surface area contributed by atoms with Gasteiger partial charge in [-0.25, -0.2) is 13.1 Å². The Morgan fingerprint density at radius 2 is 1.95 bits per heavy atom. The monoisotopic (exact) mass is 327 g/mol.